The van der Waals surface area contributed by atoms with Crippen LogP contribution in [-0.4, -0.2) is 36.5 Å². The molecule has 1 aliphatic heterocycles. The number of nitrogens with one attached hydrogen (secondary N) is 1. The average Bonchev–Trinajstić information content (AvgIpc) is 2.85. The van der Waals surface area contributed by atoms with Crippen molar-refractivity contribution in [2.24, 2.45) is 0 Å². The number of amides is 1. The molecule has 0 aromatic heterocycles. The largest absolute Gasteiger partial charge is 0.489 e. The van der Waals surface area contributed by atoms with Crippen molar-refractivity contribution >= 4 is 5.91 Å². The Labute approximate surface area is 190 Å². The van der Waals surface area contributed by atoms with E-state index < -0.39 is 0 Å². The number of rotatable bonds is 9. The van der Waals surface area contributed by atoms with Gasteiger partial charge in [0, 0.05) is 25.7 Å². The SMILES string of the molecule is O=C(COc1ccc(OCc2ccccc2)cc1)NC1CCN(Cc2ccccc2)CC1. The first-order chi connectivity index (χ1) is 15.7. The summed E-state index contributed by atoms with van der Waals surface area (Å²) < 4.78 is 11.4. The standard InChI is InChI=1S/C27H30N2O3/c30-27(28-24-15-17-29(18-16-24)19-22-7-3-1-4-8-22)21-32-26-13-11-25(12-14-26)31-20-23-9-5-2-6-10-23/h1-14,24H,15-21H2,(H,28,30). The highest BCUT2D eigenvalue weighted by Gasteiger charge is 2.20. The van der Waals surface area contributed by atoms with Crippen molar-refractivity contribution in [1.82, 2.24) is 10.2 Å². The van der Waals surface area contributed by atoms with E-state index in [9.17, 15) is 4.79 Å². The Morgan fingerprint density at radius 3 is 1.97 bits per heavy atom. The fourth-order valence-corrected chi connectivity index (χ4v) is 3.87. The molecular weight excluding hydrogens is 400 g/mol. The summed E-state index contributed by atoms with van der Waals surface area (Å²) in [5, 5.41) is 3.11. The number of carbonyl (C=O) groups excluding carboxylic acids is 1. The van der Waals surface area contributed by atoms with Gasteiger partial charge in [-0.25, -0.2) is 0 Å². The van der Waals surface area contributed by atoms with Gasteiger partial charge in [0.25, 0.3) is 5.91 Å². The van der Waals surface area contributed by atoms with E-state index in [4.69, 9.17) is 9.47 Å². The van der Waals surface area contributed by atoms with Crippen LogP contribution >= 0.6 is 0 Å². The third-order valence-corrected chi connectivity index (χ3v) is 5.64. The number of hydrogen-bond donors (Lipinski definition) is 1. The number of ether oxygens (including phenoxy) is 2. The molecule has 0 saturated carbocycles. The minimum atomic E-state index is -0.0732. The Hall–Kier alpha value is -3.31. The van der Waals surface area contributed by atoms with E-state index in [0.29, 0.717) is 12.4 Å². The summed E-state index contributed by atoms with van der Waals surface area (Å²) in [5.74, 6) is 1.36. The molecule has 0 spiro atoms. The molecule has 0 atom stereocenters. The van der Waals surface area contributed by atoms with Crippen molar-refractivity contribution in [2.45, 2.75) is 32.0 Å². The van der Waals surface area contributed by atoms with Crippen LogP contribution in [-0.2, 0) is 17.9 Å². The topological polar surface area (TPSA) is 50.8 Å². The summed E-state index contributed by atoms with van der Waals surface area (Å²) in [6.45, 7) is 3.49. The Bertz CT molecular complexity index is 953. The van der Waals surface area contributed by atoms with Crippen molar-refractivity contribution in [3.8, 4) is 11.5 Å². The van der Waals surface area contributed by atoms with Crippen LogP contribution in [0.15, 0.2) is 84.9 Å². The Morgan fingerprint density at radius 1 is 0.781 bits per heavy atom. The summed E-state index contributed by atoms with van der Waals surface area (Å²) in [6, 6.07) is 28.1. The lowest BCUT2D eigenvalue weighted by atomic mass is 10.0. The van der Waals surface area contributed by atoms with E-state index in [-0.39, 0.29) is 18.6 Å². The van der Waals surface area contributed by atoms with Gasteiger partial charge in [-0.05, 0) is 48.2 Å². The molecule has 32 heavy (non-hydrogen) atoms. The molecule has 5 heteroatoms. The van der Waals surface area contributed by atoms with Gasteiger partial charge in [-0.15, -0.1) is 0 Å². The molecule has 0 radical (unpaired) electrons. The fourth-order valence-electron chi connectivity index (χ4n) is 3.87. The zero-order chi connectivity index (χ0) is 22.0. The van der Waals surface area contributed by atoms with E-state index in [1.165, 1.54) is 5.56 Å². The predicted octanol–water partition coefficient (Wildman–Crippen LogP) is 4.43. The number of nitrogens with zero attached hydrogens (tertiary/aromatic N) is 1. The van der Waals surface area contributed by atoms with Gasteiger partial charge in [0.15, 0.2) is 6.61 Å². The van der Waals surface area contributed by atoms with Gasteiger partial charge in [-0.3, -0.25) is 9.69 Å². The Morgan fingerprint density at radius 2 is 1.34 bits per heavy atom. The van der Waals surface area contributed by atoms with Crippen LogP contribution in [0.5, 0.6) is 11.5 Å². The van der Waals surface area contributed by atoms with Crippen molar-refractivity contribution in [2.75, 3.05) is 19.7 Å². The molecule has 3 aromatic carbocycles. The summed E-state index contributed by atoms with van der Waals surface area (Å²) in [5.41, 5.74) is 2.45. The van der Waals surface area contributed by atoms with Gasteiger partial charge in [0.05, 0.1) is 0 Å². The molecule has 0 aliphatic carbocycles. The molecule has 3 aromatic rings. The molecule has 0 unspecified atom stereocenters. The molecule has 4 rings (SSSR count). The quantitative estimate of drug-likeness (QED) is 0.546. The van der Waals surface area contributed by atoms with Crippen LogP contribution in [0.2, 0.25) is 0 Å². The van der Waals surface area contributed by atoms with Crippen LogP contribution < -0.4 is 14.8 Å². The normalized spacial score (nSPS) is 14.6. The van der Waals surface area contributed by atoms with Crippen molar-refractivity contribution in [3.63, 3.8) is 0 Å². The molecule has 1 saturated heterocycles. The smallest absolute Gasteiger partial charge is 0.258 e. The molecule has 1 fully saturated rings. The lowest BCUT2D eigenvalue weighted by molar-refractivity contribution is -0.124. The van der Waals surface area contributed by atoms with Crippen LogP contribution in [0.1, 0.15) is 24.0 Å². The summed E-state index contributed by atoms with van der Waals surface area (Å²) in [7, 11) is 0. The number of benzene rings is 3. The second-order valence-electron chi connectivity index (χ2n) is 8.14. The lowest BCUT2D eigenvalue weighted by Gasteiger charge is -2.32. The highest BCUT2D eigenvalue weighted by molar-refractivity contribution is 5.77. The fraction of sp³-hybridized carbons (Fsp3) is 0.296. The maximum atomic E-state index is 12.3. The zero-order valence-corrected chi connectivity index (χ0v) is 18.3. The van der Waals surface area contributed by atoms with Crippen LogP contribution in [0.4, 0.5) is 0 Å². The maximum absolute atomic E-state index is 12.3. The van der Waals surface area contributed by atoms with Crippen molar-refractivity contribution < 1.29 is 14.3 Å². The number of likely N-dealkylation sites (tertiary alicyclic amines) is 1. The second-order valence-corrected chi connectivity index (χ2v) is 8.14. The lowest BCUT2D eigenvalue weighted by Crippen LogP contribution is -2.45. The number of hydrogen-bond acceptors (Lipinski definition) is 4. The van der Waals surface area contributed by atoms with Crippen LogP contribution in [0, 0.1) is 0 Å². The van der Waals surface area contributed by atoms with Gasteiger partial charge in [0.1, 0.15) is 18.1 Å². The van der Waals surface area contributed by atoms with E-state index >= 15 is 0 Å². The van der Waals surface area contributed by atoms with Crippen molar-refractivity contribution in [1.29, 1.82) is 0 Å². The van der Waals surface area contributed by atoms with Crippen LogP contribution in [0.25, 0.3) is 0 Å². The predicted molar refractivity (Wildman–Crippen MR) is 126 cm³/mol. The maximum Gasteiger partial charge on any atom is 0.258 e. The average molecular weight is 431 g/mol. The molecule has 1 N–H and O–H groups in total. The highest BCUT2D eigenvalue weighted by Crippen LogP contribution is 2.19. The monoisotopic (exact) mass is 430 g/mol. The van der Waals surface area contributed by atoms with Crippen LogP contribution in [0.3, 0.4) is 0 Å². The summed E-state index contributed by atoms with van der Waals surface area (Å²) in [4.78, 5) is 14.7. The van der Waals surface area contributed by atoms with E-state index in [1.807, 2.05) is 60.7 Å². The summed E-state index contributed by atoms with van der Waals surface area (Å²) >= 11 is 0. The third kappa shape index (κ3) is 6.86. The molecule has 1 amide bonds. The molecule has 166 valence electrons. The molecule has 5 nitrogen and oxygen atoms in total. The minimum Gasteiger partial charge on any atom is -0.489 e. The van der Waals surface area contributed by atoms with Crippen molar-refractivity contribution in [3.05, 3.63) is 96.1 Å². The Kier molecular flexibility index (Phi) is 7.77. The minimum absolute atomic E-state index is 0.0223. The molecule has 1 aliphatic rings. The van der Waals surface area contributed by atoms with Gasteiger partial charge < -0.3 is 14.8 Å². The molecule has 0 bridgehead atoms. The molecule has 1 heterocycles. The Balaban J connectivity index is 1.14. The summed E-state index contributed by atoms with van der Waals surface area (Å²) in [6.07, 6.45) is 1.93. The van der Waals surface area contributed by atoms with E-state index in [0.717, 1.165) is 43.8 Å². The zero-order valence-electron chi connectivity index (χ0n) is 18.3. The van der Waals surface area contributed by atoms with Gasteiger partial charge in [-0.2, -0.15) is 0 Å². The second kappa shape index (κ2) is 11.3. The highest BCUT2D eigenvalue weighted by atomic mass is 16.5. The number of carbonyl (C=O) groups is 1. The first-order valence-corrected chi connectivity index (χ1v) is 11.2. The number of piperidine rings is 1. The van der Waals surface area contributed by atoms with Gasteiger partial charge in [-0.1, -0.05) is 60.7 Å². The van der Waals surface area contributed by atoms with Gasteiger partial charge in [0.2, 0.25) is 0 Å². The van der Waals surface area contributed by atoms with Gasteiger partial charge >= 0.3 is 0 Å². The third-order valence-electron chi connectivity index (χ3n) is 5.64. The first-order valence-electron chi connectivity index (χ1n) is 11.2. The van der Waals surface area contributed by atoms with E-state index in [2.05, 4.69) is 34.5 Å². The molecular formula is C27H30N2O3. The van der Waals surface area contributed by atoms with E-state index in [1.54, 1.807) is 0 Å². The first kappa shape index (κ1) is 21.9.